The first kappa shape index (κ1) is 12.2. The highest BCUT2D eigenvalue weighted by molar-refractivity contribution is 5.53. The van der Waals surface area contributed by atoms with Crippen molar-refractivity contribution in [1.82, 2.24) is 0 Å². The summed E-state index contributed by atoms with van der Waals surface area (Å²) in [5.74, 6) is 0.315. The Kier molecular flexibility index (Phi) is 4.23. The maximum absolute atomic E-state index is 9.74. The van der Waals surface area contributed by atoms with E-state index in [1.807, 2.05) is 12.1 Å². The third-order valence-electron chi connectivity index (χ3n) is 3.04. The molecule has 2 rings (SSSR count). The molecule has 1 aliphatic heterocycles. The minimum absolute atomic E-state index is 0.154. The fourth-order valence-corrected chi connectivity index (χ4v) is 2.06. The van der Waals surface area contributed by atoms with E-state index in [4.69, 9.17) is 9.84 Å². The second kappa shape index (κ2) is 5.89. The van der Waals surface area contributed by atoms with Crippen molar-refractivity contribution in [2.24, 2.45) is 0 Å². The van der Waals surface area contributed by atoms with Crippen LogP contribution in [0.15, 0.2) is 18.2 Å². The fourth-order valence-electron chi connectivity index (χ4n) is 2.06. The number of benzene rings is 1. The van der Waals surface area contributed by atoms with E-state index in [1.54, 1.807) is 6.07 Å². The minimum atomic E-state index is 0.154. The van der Waals surface area contributed by atoms with Gasteiger partial charge >= 0.3 is 0 Å². The zero-order valence-corrected chi connectivity index (χ0v) is 9.93. The summed E-state index contributed by atoms with van der Waals surface area (Å²) < 4.78 is 5.32. The first-order valence-corrected chi connectivity index (χ1v) is 6.06. The van der Waals surface area contributed by atoms with E-state index >= 15 is 0 Å². The molecule has 0 saturated carbocycles. The van der Waals surface area contributed by atoms with E-state index in [0.29, 0.717) is 18.6 Å². The lowest BCUT2D eigenvalue weighted by Gasteiger charge is -2.29. The van der Waals surface area contributed by atoms with Crippen molar-refractivity contribution < 1.29 is 14.9 Å². The van der Waals surface area contributed by atoms with Gasteiger partial charge in [0.2, 0.25) is 0 Å². The number of morpholine rings is 1. The Morgan fingerprint density at radius 3 is 2.71 bits per heavy atom. The van der Waals surface area contributed by atoms with Crippen LogP contribution in [0, 0.1) is 0 Å². The van der Waals surface area contributed by atoms with Crippen LogP contribution in [0.4, 0.5) is 5.69 Å². The summed E-state index contributed by atoms with van der Waals surface area (Å²) >= 11 is 0. The van der Waals surface area contributed by atoms with Crippen molar-refractivity contribution >= 4 is 5.69 Å². The maximum atomic E-state index is 9.74. The van der Waals surface area contributed by atoms with Gasteiger partial charge in [0, 0.05) is 25.4 Å². The molecule has 17 heavy (non-hydrogen) atoms. The molecule has 1 heterocycles. The van der Waals surface area contributed by atoms with Gasteiger partial charge in [0.1, 0.15) is 5.75 Å². The molecule has 0 spiro atoms. The zero-order chi connectivity index (χ0) is 12.1. The average molecular weight is 237 g/mol. The van der Waals surface area contributed by atoms with Crippen molar-refractivity contribution in [2.45, 2.75) is 12.8 Å². The van der Waals surface area contributed by atoms with Crippen LogP contribution in [0.1, 0.15) is 12.0 Å². The van der Waals surface area contributed by atoms with Crippen LogP contribution in [-0.2, 0) is 11.2 Å². The smallest absolute Gasteiger partial charge is 0.118 e. The van der Waals surface area contributed by atoms with Crippen LogP contribution < -0.4 is 4.90 Å². The van der Waals surface area contributed by atoms with Gasteiger partial charge in [-0.15, -0.1) is 0 Å². The van der Waals surface area contributed by atoms with Crippen molar-refractivity contribution in [2.75, 3.05) is 37.8 Å². The van der Waals surface area contributed by atoms with Crippen LogP contribution in [0.2, 0.25) is 0 Å². The van der Waals surface area contributed by atoms with Crippen LogP contribution in [0.3, 0.4) is 0 Å². The Labute approximate surface area is 101 Å². The zero-order valence-electron chi connectivity index (χ0n) is 9.93. The molecule has 0 amide bonds. The summed E-state index contributed by atoms with van der Waals surface area (Å²) in [7, 11) is 0. The second-order valence-electron chi connectivity index (χ2n) is 4.24. The third-order valence-corrected chi connectivity index (χ3v) is 3.04. The number of rotatable bonds is 4. The number of phenolic OH excluding ortho intramolecular Hbond substituents is 1. The number of ether oxygens (including phenoxy) is 1. The normalized spacial score (nSPS) is 16.2. The largest absolute Gasteiger partial charge is 0.508 e. The molecule has 0 atom stereocenters. The molecule has 1 aromatic carbocycles. The number of nitrogens with zero attached hydrogens (tertiary/aromatic N) is 1. The van der Waals surface area contributed by atoms with Gasteiger partial charge < -0.3 is 19.8 Å². The lowest BCUT2D eigenvalue weighted by atomic mass is 10.1. The number of aliphatic hydroxyl groups excluding tert-OH is 1. The summed E-state index contributed by atoms with van der Waals surface area (Å²) in [4.78, 5) is 2.26. The van der Waals surface area contributed by atoms with Crippen LogP contribution in [0.25, 0.3) is 0 Å². The Balaban J connectivity index is 2.11. The maximum Gasteiger partial charge on any atom is 0.118 e. The molecule has 0 radical (unpaired) electrons. The van der Waals surface area contributed by atoms with Crippen LogP contribution in [-0.4, -0.2) is 43.1 Å². The molecule has 4 heteroatoms. The Bertz CT molecular complexity index is 362. The number of aromatic hydroxyl groups is 1. The number of aryl methyl sites for hydroxylation is 1. The summed E-state index contributed by atoms with van der Waals surface area (Å²) in [6.45, 7) is 3.45. The lowest BCUT2D eigenvalue weighted by Crippen LogP contribution is -2.36. The highest BCUT2D eigenvalue weighted by Gasteiger charge is 2.12. The van der Waals surface area contributed by atoms with Crippen molar-refractivity contribution in [3.8, 4) is 5.75 Å². The SMILES string of the molecule is OCCCc1cc(N2CCOCC2)ccc1O. The molecule has 4 nitrogen and oxygen atoms in total. The molecule has 1 aliphatic rings. The lowest BCUT2D eigenvalue weighted by molar-refractivity contribution is 0.122. The summed E-state index contributed by atoms with van der Waals surface area (Å²) in [5.41, 5.74) is 2.03. The molecule has 94 valence electrons. The van der Waals surface area contributed by atoms with E-state index in [0.717, 1.165) is 37.6 Å². The van der Waals surface area contributed by atoms with Gasteiger partial charge in [-0.25, -0.2) is 0 Å². The molecular formula is C13H19NO3. The van der Waals surface area contributed by atoms with E-state index < -0.39 is 0 Å². The fraction of sp³-hybridized carbons (Fsp3) is 0.538. The van der Waals surface area contributed by atoms with Crippen molar-refractivity contribution in [3.05, 3.63) is 23.8 Å². The van der Waals surface area contributed by atoms with Gasteiger partial charge in [-0.1, -0.05) is 0 Å². The van der Waals surface area contributed by atoms with Gasteiger partial charge in [-0.05, 0) is 36.6 Å². The second-order valence-corrected chi connectivity index (χ2v) is 4.24. The summed E-state index contributed by atoms with van der Waals surface area (Å²) in [6.07, 6.45) is 1.39. The van der Waals surface area contributed by atoms with Crippen LogP contribution >= 0.6 is 0 Å². The first-order chi connectivity index (χ1) is 8.31. The molecule has 0 unspecified atom stereocenters. The summed E-state index contributed by atoms with van der Waals surface area (Å²) in [6, 6.07) is 5.68. The molecule has 2 N–H and O–H groups in total. The van der Waals surface area contributed by atoms with E-state index in [-0.39, 0.29) is 6.61 Å². The number of aliphatic hydroxyl groups is 1. The predicted molar refractivity (Wildman–Crippen MR) is 66.5 cm³/mol. The number of hydrogen-bond acceptors (Lipinski definition) is 4. The van der Waals surface area contributed by atoms with Gasteiger partial charge in [-0.3, -0.25) is 0 Å². The number of phenols is 1. The van der Waals surface area contributed by atoms with Crippen LogP contribution in [0.5, 0.6) is 5.75 Å². The van der Waals surface area contributed by atoms with E-state index in [9.17, 15) is 5.11 Å². The molecule has 1 aromatic rings. The summed E-state index contributed by atoms with van der Waals surface area (Å²) in [5, 5.41) is 18.6. The number of anilines is 1. The molecular weight excluding hydrogens is 218 g/mol. The predicted octanol–water partition coefficient (Wildman–Crippen LogP) is 1.15. The van der Waals surface area contributed by atoms with Gasteiger partial charge in [0.05, 0.1) is 13.2 Å². The van der Waals surface area contributed by atoms with E-state index in [1.165, 1.54) is 0 Å². The Morgan fingerprint density at radius 1 is 1.24 bits per heavy atom. The minimum Gasteiger partial charge on any atom is -0.508 e. The monoisotopic (exact) mass is 237 g/mol. The van der Waals surface area contributed by atoms with E-state index in [2.05, 4.69) is 4.90 Å². The van der Waals surface area contributed by atoms with Gasteiger partial charge in [-0.2, -0.15) is 0 Å². The topological polar surface area (TPSA) is 52.9 Å². The molecule has 0 bridgehead atoms. The highest BCUT2D eigenvalue weighted by Crippen LogP contribution is 2.25. The average Bonchev–Trinajstić information content (AvgIpc) is 2.39. The van der Waals surface area contributed by atoms with Gasteiger partial charge in [0.25, 0.3) is 0 Å². The van der Waals surface area contributed by atoms with Crippen molar-refractivity contribution in [3.63, 3.8) is 0 Å². The Morgan fingerprint density at radius 2 is 2.00 bits per heavy atom. The molecule has 0 aliphatic carbocycles. The standard InChI is InChI=1S/C13H19NO3/c15-7-1-2-11-10-12(3-4-13(11)16)14-5-8-17-9-6-14/h3-4,10,15-16H,1-2,5-9H2. The quantitative estimate of drug-likeness (QED) is 0.825. The molecule has 1 saturated heterocycles. The number of hydrogen-bond donors (Lipinski definition) is 2. The molecule has 0 aromatic heterocycles. The third kappa shape index (κ3) is 3.11. The van der Waals surface area contributed by atoms with Crippen molar-refractivity contribution in [1.29, 1.82) is 0 Å². The molecule has 1 fully saturated rings. The highest BCUT2D eigenvalue weighted by atomic mass is 16.5. The van der Waals surface area contributed by atoms with Gasteiger partial charge in [0.15, 0.2) is 0 Å². The first-order valence-electron chi connectivity index (χ1n) is 6.06. The Hall–Kier alpha value is -1.26.